The predicted octanol–water partition coefficient (Wildman–Crippen LogP) is 16.2. The number of rotatable bonds is 8. The van der Waals surface area contributed by atoms with Gasteiger partial charge in [-0.05, 0) is 131 Å². The summed E-state index contributed by atoms with van der Waals surface area (Å²) in [4.78, 5) is 4.67. The van der Waals surface area contributed by atoms with Crippen LogP contribution in [-0.4, -0.2) is 0 Å². The van der Waals surface area contributed by atoms with Gasteiger partial charge in [0.2, 0.25) is 0 Å². The molecule has 0 bridgehead atoms. The van der Waals surface area contributed by atoms with Gasteiger partial charge in [-0.25, -0.2) is 0 Å². The molecule has 294 valence electrons. The van der Waals surface area contributed by atoms with E-state index >= 15 is 0 Å². The molecule has 4 nitrogen and oxygen atoms in total. The largest absolute Gasteiger partial charge is 0.456 e. The van der Waals surface area contributed by atoms with Gasteiger partial charge in [0.1, 0.15) is 22.7 Å². The number of hydrogen-bond acceptors (Lipinski definition) is 4. The summed E-state index contributed by atoms with van der Waals surface area (Å²) in [6, 6.07) is 68.5. The summed E-state index contributed by atoms with van der Waals surface area (Å²) in [6.07, 6.45) is 12.3. The van der Waals surface area contributed by atoms with E-state index in [4.69, 9.17) is 8.83 Å². The summed E-state index contributed by atoms with van der Waals surface area (Å²) in [7, 11) is 0. The minimum Gasteiger partial charge on any atom is -0.456 e. The Bertz CT molecular complexity index is 3350. The lowest BCUT2D eigenvalue weighted by Gasteiger charge is -2.32. The highest BCUT2D eigenvalue weighted by molar-refractivity contribution is 6.19. The second-order valence-corrected chi connectivity index (χ2v) is 16.1. The number of nitrogens with zero attached hydrogens (tertiary/aromatic N) is 2. The summed E-state index contributed by atoms with van der Waals surface area (Å²) in [5, 5.41) is 6.77. The zero-order valence-corrected chi connectivity index (χ0v) is 33.9. The molecular formula is C58H40N2O2. The normalized spacial score (nSPS) is 14.8. The first-order valence-electron chi connectivity index (χ1n) is 21.2. The lowest BCUT2D eigenvalue weighted by atomic mass is 9.83. The maximum absolute atomic E-state index is 6.64. The fraction of sp³-hybridized carbons (Fsp3) is 0.0345. The molecule has 0 spiro atoms. The molecule has 0 amide bonds. The molecule has 12 rings (SSSR count). The van der Waals surface area contributed by atoms with Crippen LogP contribution in [0.3, 0.4) is 0 Å². The third-order valence-corrected chi connectivity index (χ3v) is 12.3. The number of benzene rings is 8. The molecule has 0 aliphatic heterocycles. The predicted molar refractivity (Wildman–Crippen MR) is 258 cm³/mol. The van der Waals surface area contributed by atoms with Gasteiger partial charge in [-0.2, -0.15) is 0 Å². The van der Waals surface area contributed by atoms with E-state index in [1.807, 2.05) is 0 Å². The first kappa shape index (κ1) is 35.8. The first-order valence-corrected chi connectivity index (χ1v) is 21.2. The lowest BCUT2D eigenvalue weighted by molar-refractivity contribution is 0.600. The van der Waals surface area contributed by atoms with E-state index in [2.05, 4.69) is 234 Å². The van der Waals surface area contributed by atoms with Crippen molar-refractivity contribution < 1.29 is 8.83 Å². The van der Waals surface area contributed by atoms with Gasteiger partial charge < -0.3 is 18.6 Å². The van der Waals surface area contributed by atoms with Crippen molar-refractivity contribution in [1.82, 2.24) is 0 Å². The van der Waals surface area contributed by atoms with Crippen molar-refractivity contribution in [2.24, 2.45) is 5.92 Å². The fourth-order valence-electron chi connectivity index (χ4n) is 9.33. The van der Waals surface area contributed by atoms with Crippen LogP contribution in [0.2, 0.25) is 0 Å². The third kappa shape index (κ3) is 6.32. The highest BCUT2D eigenvalue weighted by Crippen LogP contribution is 2.43. The molecule has 0 saturated carbocycles. The van der Waals surface area contributed by atoms with E-state index in [1.54, 1.807) is 0 Å². The van der Waals surface area contributed by atoms with Gasteiger partial charge in [0.25, 0.3) is 0 Å². The second-order valence-electron chi connectivity index (χ2n) is 16.1. The molecule has 10 aromatic rings. The molecule has 2 heterocycles. The summed E-state index contributed by atoms with van der Waals surface area (Å²) in [6.45, 7) is 0. The highest BCUT2D eigenvalue weighted by atomic mass is 16.3. The van der Waals surface area contributed by atoms with Crippen LogP contribution in [0.1, 0.15) is 12.2 Å². The van der Waals surface area contributed by atoms with Gasteiger partial charge >= 0.3 is 0 Å². The minimum atomic E-state index is 0.276. The average molecular weight is 797 g/mol. The molecular weight excluding hydrogens is 757 g/mol. The van der Waals surface area contributed by atoms with Crippen LogP contribution in [0, 0.1) is 5.92 Å². The van der Waals surface area contributed by atoms with Crippen LogP contribution < -0.4 is 9.80 Å². The Labute approximate surface area is 359 Å². The molecule has 2 aliphatic carbocycles. The van der Waals surface area contributed by atoms with Crippen LogP contribution in [-0.2, 0) is 0 Å². The minimum absolute atomic E-state index is 0.276. The monoisotopic (exact) mass is 796 g/mol. The maximum atomic E-state index is 6.64. The van der Waals surface area contributed by atoms with E-state index in [0.717, 1.165) is 101 Å². The van der Waals surface area contributed by atoms with Crippen LogP contribution in [0.4, 0.5) is 28.4 Å². The zero-order chi connectivity index (χ0) is 41.0. The van der Waals surface area contributed by atoms with Crippen molar-refractivity contribution in [2.45, 2.75) is 6.42 Å². The van der Waals surface area contributed by atoms with Crippen molar-refractivity contribution in [3.8, 4) is 11.3 Å². The van der Waals surface area contributed by atoms with Crippen LogP contribution in [0.5, 0.6) is 0 Å². The fourth-order valence-corrected chi connectivity index (χ4v) is 9.33. The van der Waals surface area contributed by atoms with Crippen LogP contribution in [0.25, 0.3) is 60.4 Å². The molecule has 2 aromatic heterocycles. The van der Waals surface area contributed by atoms with Crippen molar-refractivity contribution in [1.29, 1.82) is 0 Å². The highest BCUT2D eigenvalue weighted by Gasteiger charge is 2.25. The topological polar surface area (TPSA) is 32.8 Å². The molecule has 1 atom stereocenters. The van der Waals surface area contributed by atoms with Gasteiger partial charge in [0, 0.05) is 67.3 Å². The Balaban J connectivity index is 0.874. The van der Waals surface area contributed by atoms with Gasteiger partial charge in [-0.1, -0.05) is 121 Å². The Morgan fingerprint density at radius 1 is 0.435 bits per heavy atom. The van der Waals surface area contributed by atoms with E-state index in [0.29, 0.717) is 0 Å². The standard InChI is InChI=1S/C58H40N2O2/c1-5-13-46(14-6-1)59(47-15-7-2-8-16-47)50-29-25-40-33-44(23-21-42(40)35-50)56-37-52-54(61-56)31-27-39-28-32-55-53(58(39)52)38-57(62-55)45-24-22-43-36-51(30-26-41(43)34-45)60(48-17-9-3-10-18-48)49-19-11-4-12-20-49/h1-35,37-38,43H,36H2. The number of furan rings is 2. The van der Waals surface area contributed by atoms with Crippen molar-refractivity contribution in [2.75, 3.05) is 9.80 Å². The molecule has 62 heavy (non-hydrogen) atoms. The molecule has 0 radical (unpaired) electrons. The van der Waals surface area contributed by atoms with Crippen molar-refractivity contribution in [3.05, 3.63) is 242 Å². The van der Waals surface area contributed by atoms with E-state index in [1.165, 1.54) is 11.3 Å². The summed E-state index contributed by atoms with van der Waals surface area (Å²) < 4.78 is 13.3. The second kappa shape index (κ2) is 14.9. The Morgan fingerprint density at radius 3 is 1.60 bits per heavy atom. The summed E-state index contributed by atoms with van der Waals surface area (Å²) in [5.74, 6) is 1.98. The smallest absolute Gasteiger partial charge is 0.135 e. The molecule has 2 aliphatic rings. The maximum Gasteiger partial charge on any atom is 0.135 e. The molecule has 4 heteroatoms. The number of fused-ring (bicyclic) bond motifs is 7. The summed E-state index contributed by atoms with van der Waals surface area (Å²) >= 11 is 0. The molecule has 1 unspecified atom stereocenters. The van der Waals surface area contributed by atoms with E-state index < -0.39 is 0 Å². The molecule has 0 saturated heterocycles. The molecule has 0 fully saturated rings. The number of para-hydroxylation sites is 4. The van der Waals surface area contributed by atoms with Crippen molar-refractivity contribution in [3.63, 3.8) is 0 Å². The third-order valence-electron chi connectivity index (χ3n) is 12.3. The van der Waals surface area contributed by atoms with Crippen LogP contribution in [0.15, 0.2) is 245 Å². The molecule has 8 aromatic carbocycles. The van der Waals surface area contributed by atoms with Gasteiger partial charge in [-0.15, -0.1) is 0 Å². The van der Waals surface area contributed by atoms with Gasteiger partial charge in [0.05, 0.1) is 0 Å². The average Bonchev–Trinajstić information content (AvgIpc) is 3.98. The Kier molecular flexibility index (Phi) is 8.60. The Morgan fingerprint density at radius 2 is 0.968 bits per heavy atom. The van der Waals surface area contributed by atoms with Crippen molar-refractivity contribution >= 4 is 77.5 Å². The SMILES string of the molecule is C1=CC2CC(N(c3ccccc3)c3ccccc3)=CC=C2C=C1c1cc2c(ccc3ccc4oc(-c5ccc6cc(N(c7ccccc7)c7ccccc7)ccc6c5)cc4c32)o1. The Hall–Kier alpha value is -8.08. The molecule has 0 N–H and O–H groups in total. The zero-order valence-electron chi connectivity index (χ0n) is 33.9. The van der Waals surface area contributed by atoms with Crippen LogP contribution >= 0.6 is 0 Å². The number of anilines is 5. The van der Waals surface area contributed by atoms with Gasteiger partial charge in [0.15, 0.2) is 0 Å². The quantitative estimate of drug-likeness (QED) is 0.153. The first-order chi connectivity index (χ1) is 30.7. The number of hydrogen-bond donors (Lipinski definition) is 0. The summed E-state index contributed by atoms with van der Waals surface area (Å²) in [5.41, 5.74) is 12.1. The lowest BCUT2D eigenvalue weighted by Crippen LogP contribution is -2.21. The van der Waals surface area contributed by atoms with Gasteiger partial charge in [-0.3, -0.25) is 0 Å². The van der Waals surface area contributed by atoms with E-state index in [9.17, 15) is 0 Å². The van der Waals surface area contributed by atoms with E-state index in [-0.39, 0.29) is 5.92 Å². The number of allylic oxidation sites excluding steroid dienone is 8.